The Kier molecular flexibility index (Phi) is 13.4. The number of piperidine rings is 2. The van der Waals surface area contributed by atoms with E-state index in [4.69, 9.17) is 10.7 Å². The number of nitrogens with two attached hydrogens (primary N) is 1. The van der Waals surface area contributed by atoms with E-state index in [0.29, 0.717) is 24.9 Å². The molecule has 1 spiro atoms. The number of unbranched alkanes of at least 4 members (excludes halogenated alkanes) is 3. The molecular formula is C50H60N12O6S. The molecule has 10 rings (SSSR count). The van der Waals surface area contributed by atoms with Crippen molar-refractivity contribution in [2.24, 2.45) is 23.0 Å². The molecule has 2 bridgehead atoms. The number of anilines is 3. The largest absolute Gasteiger partial charge is 0.388 e. The molecule has 4 aromatic rings. The Morgan fingerprint density at radius 3 is 2.46 bits per heavy atom. The van der Waals surface area contributed by atoms with E-state index in [1.807, 2.05) is 42.6 Å². The van der Waals surface area contributed by atoms with Crippen molar-refractivity contribution in [3.63, 3.8) is 0 Å². The van der Waals surface area contributed by atoms with Crippen LogP contribution in [0.4, 0.5) is 17.3 Å². The van der Waals surface area contributed by atoms with Gasteiger partial charge in [-0.3, -0.25) is 29.3 Å². The summed E-state index contributed by atoms with van der Waals surface area (Å²) in [7, 11) is 0. The van der Waals surface area contributed by atoms with Crippen molar-refractivity contribution in [2.45, 2.75) is 98.9 Å². The molecule has 0 radical (unpaired) electrons. The first kappa shape index (κ1) is 46.7. The zero-order chi connectivity index (χ0) is 47.7. The number of likely N-dealkylation sites (tertiary alicyclic amines) is 1. The molecule has 5 fully saturated rings. The predicted octanol–water partition coefficient (Wildman–Crippen LogP) is 3.75. The van der Waals surface area contributed by atoms with E-state index < -0.39 is 17.6 Å². The lowest BCUT2D eigenvalue weighted by atomic mass is 9.79. The fourth-order valence-electron chi connectivity index (χ4n) is 11.4. The number of nitrogens with zero attached hydrogens (tertiary/aromatic N) is 8. The third kappa shape index (κ3) is 10.0. The van der Waals surface area contributed by atoms with Crippen LogP contribution >= 0.6 is 11.8 Å². The van der Waals surface area contributed by atoms with Crippen LogP contribution in [0.5, 0.6) is 0 Å². The summed E-state index contributed by atoms with van der Waals surface area (Å²) in [6, 6.07) is 16.1. The van der Waals surface area contributed by atoms with Gasteiger partial charge in [0.25, 0.3) is 11.8 Å². The Labute approximate surface area is 405 Å². The van der Waals surface area contributed by atoms with Crippen LogP contribution < -0.4 is 31.5 Å². The number of amides is 5. The predicted molar refractivity (Wildman–Crippen MR) is 258 cm³/mol. The lowest BCUT2D eigenvalue weighted by Crippen LogP contribution is -2.57. The number of nitrogens with one attached hydrogen (secondary N) is 3. The van der Waals surface area contributed by atoms with Crippen molar-refractivity contribution < 1.29 is 29.1 Å². The number of rotatable bonds is 17. The highest BCUT2D eigenvalue weighted by Crippen LogP contribution is 2.45. The van der Waals surface area contributed by atoms with Crippen LogP contribution in [0.15, 0.2) is 76.9 Å². The zero-order valence-corrected chi connectivity index (χ0v) is 39.6. The van der Waals surface area contributed by atoms with Gasteiger partial charge in [-0.1, -0.05) is 42.8 Å². The second-order valence-electron chi connectivity index (χ2n) is 19.9. The van der Waals surface area contributed by atoms with Crippen LogP contribution in [-0.4, -0.2) is 129 Å². The van der Waals surface area contributed by atoms with E-state index >= 15 is 0 Å². The molecule has 2 aromatic heterocycles. The summed E-state index contributed by atoms with van der Waals surface area (Å²) in [5, 5.41) is 28.8. The summed E-state index contributed by atoms with van der Waals surface area (Å²) in [4.78, 5) is 81.7. The molecule has 1 aliphatic carbocycles. The van der Waals surface area contributed by atoms with Crippen LogP contribution in [0.25, 0.3) is 0 Å². The maximum absolute atomic E-state index is 13.0. The van der Waals surface area contributed by atoms with Crippen molar-refractivity contribution in [1.82, 2.24) is 40.6 Å². The molecule has 2 aromatic carbocycles. The van der Waals surface area contributed by atoms with Gasteiger partial charge in [0, 0.05) is 105 Å². The Morgan fingerprint density at radius 1 is 0.884 bits per heavy atom. The van der Waals surface area contributed by atoms with E-state index in [2.05, 4.69) is 45.8 Å². The number of hydrogen-bond acceptors (Lipinski definition) is 15. The van der Waals surface area contributed by atoms with Crippen molar-refractivity contribution in [3.8, 4) is 0 Å². The Bertz CT molecular complexity index is 2580. The summed E-state index contributed by atoms with van der Waals surface area (Å²) in [5.74, 6) is 0.582. The SMILES string of the molecule is NCC1(O)C2CCC1CN(c1cnc(Sc3cccc(NC(=O)CCCCCCN4CC5(CCN(c6ccc(C(=O)NCc7ccc8c(c7)CN(C7CCC(=O)NC7=O)C8=O)nn6)C5)C4)c3)cn1)C2. The minimum atomic E-state index is -0.763. The van der Waals surface area contributed by atoms with Gasteiger partial charge in [0.2, 0.25) is 17.7 Å². The minimum absolute atomic E-state index is 0.0199. The monoisotopic (exact) mass is 956 g/mol. The van der Waals surface area contributed by atoms with Gasteiger partial charge in [0.1, 0.15) is 16.9 Å². The second-order valence-corrected chi connectivity index (χ2v) is 21.0. The standard InChI is InChI=1S/C50H60N12O6S/c51-28-50(68)34-10-11-35(50)27-61(26-34)42-23-53-45(24-52-42)69-37-7-5-6-36(21-37)55-43(63)8-3-1-2-4-18-59-29-49(30-59)17-19-60(31-49)41-15-13-39(57-58-41)46(65)54-22-32-9-12-38-33(20-32)25-62(48(38)67)40-14-16-44(64)56-47(40)66/h5-7,9,12-13,15,20-21,23-24,34-35,40,68H,1-4,8,10-11,14,16-19,22,25-31,51H2,(H,54,65)(H,55,63)(H,56,64,66). The van der Waals surface area contributed by atoms with Gasteiger partial charge in [-0.05, 0) is 92.6 Å². The molecule has 6 aliphatic rings. The van der Waals surface area contributed by atoms with Crippen LogP contribution in [0, 0.1) is 17.3 Å². The number of fused-ring (bicyclic) bond motifs is 3. The Hall–Kier alpha value is -6.02. The molecule has 7 heterocycles. The fraction of sp³-hybridized carbons (Fsp3) is 0.500. The van der Waals surface area contributed by atoms with E-state index in [1.54, 1.807) is 24.4 Å². The van der Waals surface area contributed by atoms with Crippen LogP contribution in [-0.2, 0) is 27.5 Å². The minimum Gasteiger partial charge on any atom is -0.388 e. The van der Waals surface area contributed by atoms with E-state index in [-0.39, 0.29) is 66.1 Å². The van der Waals surface area contributed by atoms with Gasteiger partial charge in [0.15, 0.2) is 11.5 Å². The van der Waals surface area contributed by atoms with Crippen molar-refractivity contribution in [1.29, 1.82) is 0 Å². The number of benzene rings is 2. The summed E-state index contributed by atoms with van der Waals surface area (Å²) < 4.78 is 0. The van der Waals surface area contributed by atoms with Gasteiger partial charge in [0.05, 0.1) is 18.0 Å². The Balaban J connectivity index is 0.591. The van der Waals surface area contributed by atoms with E-state index in [9.17, 15) is 29.1 Å². The summed E-state index contributed by atoms with van der Waals surface area (Å²) in [6.07, 6.45) is 11.7. The highest BCUT2D eigenvalue weighted by Gasteiger charge is 2.52. The van der Waals surface area contributed by atoms with Crippen LogP contribution in [0.2, 0.25) is 0 Å². The summed E-state index contributed by atoms with van der Waals surface area (Å²) in [6.45, 7) is 7.27. The molecule has 3 atom stereocenters. The molecule has 5 aliphatic heterocycles. The smallest absolute Gasteiger partial charge is 0.272 e. The van der Waals surface area contributed by atoms with Gasteiger partial charge in [-0.15, -0.1) is 10.2 Å². The van der Waals surface area contributed by atoms with Crippen molar-refractivity contribution in [2.75, 3.05) is 67.5 Å². The average molecular weight is 957 g/mol. The average Bonchev–Trinajstić information content (AvgIpc) is 3.96. The van der Waals surface area contributed by atoms with Crippen LogP contribution in [0.3, 0.4) is 0 Å². The highest BCUT2D eigenvalue weighted by molar-refractivity contribution is 7.99. The molecule has 362 valence electrons. The number of hydrogen-bond donors (Lipinski definition) is 5. The number of aromatic nitrogens is 4. The molecule has 19 heteroatoms. The first-order valence-electron chi connectivity index (χ1n) is 24.4. The van der Waals surface area contributed by atoms with E-state index in [1.165, 1.54) is 16.7 Å². The molecule has 5 amide bonds. The summed E-state index contributed by atoms with van der Waals surface area (Å²) >= 11 is 1.51. The fourth-order valence-corrected chi connectivity index (χ4v) is 12.2. The summed E-state index contributed by atoms with van der Waals surface area (Å²) in [5.41, 5.74) is 8.54. The number of aliphatic hydroxyl groups is 1. The number of carbonyl (C=O) groups is 5. The molecule has 6 N–H and O–H groups in total. The molecule has 1 saturated carbocycles. The van der Waals surface area contributed by atoms with Crippen molar-refractivity contribution in [3.05, 3.63) is 89.4 Å². The first-order valence-corrected chi connectivity index (χ1v) is 25.2. The van der Waals surface area contributed by atoms with Crippen molar-refractivity contribution >= 4 is 58.6 Å². The van der Waals surface area contributed by atoms with Gasteiger partial charge < -0.3 is 41.1 Å². The molecule has 18 nitrogen and oxygen atoms in total. The van der Waals surface area contributed by atoms with Gasteiger partial charge in [-0.25, -0.2) is 9.97 Å². The number of carbonyl (C=O) groups excluding carboxylic acids is 5. The molecule has 4 saturated heterocycles. The lowest BCUT2D eigenvalue weighted by molar-refractivity contribution is -0.137. The second kappa shape index (κ2) is 19.8. The highest BCUT2D eigenvalue weighted by atomic mass is 32.2. The molecular weight excluding hydrogens is 897 g/mol. The maximum atomic E-state index is 13.0. The number of imide groups is 1. The lowest BCUT2D eigenvalue weighted by Gasteiger charge is -2.48. The van der Waals surface area contributed by atoms with E-state index in [0.717, 1.165) is 129 Å². The van der Waals surface area contributed by atoms with Gasteiger partial charge in [-0.2, -0.15) is 0 Å². The first-order chi connectivity index (χ1) is 33.4. The van der Waals surface area contributed by atoms with Crippen LogP contribution in [0.1, 0.15) is 96.2 Å². The normalized spacial score (nSPS) is 23.8. The molecule has 3 unspecified atom stereocenters. The maximum Gasteiger partial charge on any atom is 0.272 e. The molecule has 69 heavy (non-hydrogen) atoms. The zero-order valence-electron chi connectivity index (χ0n) is 38.8. The third-order valence-corrected chi connectivity index (χ3v) is 16.1. The Morgan fingerprint density at radius 2 is 1.71 bits per heavy atom. The third-order valence-electron chi connectivity index (χ3n) is 15.2. The quantitative estimate of drug-likeness (QED) is 0.0750. The topological polar surface area (TPSA) is 232 Å². The van der Waals surface area contributed by atoms with Gasteiger partial charge >= 0.3 is 0 Å².